The van der Waals surface area contributed by atoms with E-state index in [-0.39, 0.29) is 27.6 Å². The first-order chi connectivity index (χ1) is 14.5. The number of hydrogen-bond donors (Lipinski definition) is 0. The molecule has 0 N–H and O–H groups in total. The van der Waals surface area contributed by atoms with Gasteiger partial charge < -0.3 is 9.47 Å². The molecule has 0 unspecified atom stereocenters. The summed E-state index contributed by atoms with van der Waals surface area (Å²) in [6, 6.07) is 13.5. The fraction of sp³-hybridized carbons (Fsp3) is 0.200. The lowest BCUT2D eigenvalue weighted by Crippen LogP contribution is -2.03. The van der Waals surface area contributed by atoms with Crippen LogP contribution in [0.3, 0.4) is 0 Å². The summed E-state index contributed by atoms with van der Waals surface area (Å²) in [5.41, 5.74) is 1.49. The van der Waals surface area contributed by atoms with Crippen LogP contribution in [0.25, 0.3) is 17.2 Å². The third kappa shape index (κ3) is 4.34. The van der Waals surface area contributed by atoms with Crippen LogP contribution >= 0.6 is 11.6 Å². The first-order valence-electron chi connectivity index (χ1n) is 9.83. The highest BCUT2D eigenvalue weighted by Crippen LogP contribution is 2.44. The van der Waals surface area contributed by atoms with Crippen molar-refractivity contribution in [2.75, 3.05) is 6.61 Å². The molecule has 2 nitrogen and oxygen atoms in total. The summed E-state index contributed by atoms with van der Waals surface area (Å²) in [7, 11) is 0. The zero-order chi connectivity index (χ0) is 21.7. The van der Waals surface area contributed by atoms with Crippen molar-refractivity contribution < 1.29 is 18.3 Å². The lowest BCUT2D eigenvalue weighted by Gasteiger charge is -2.20. The third-order valence-corrected chi connectivity index (χ3v) is 5.05. The molecule has 0 spiro atoms. The Morgan fingerprint density at radius 3 is 2.37 bits per heavy atom. The highest BCUT2D eigenvalue weighted by Gasteiger charge is 2.25. The van der Waals surface area contributed by atoms with Gasteiger partial charge in [-0.05, 0) is 36.6 Å². The number of para-hydroxylation sites is 1. The predicted molar refractivity (Wildman–Crippen MR) is 119 cm³/mol. The van der Waals surface area contributed by atoms with Crippen LogP contribution in [-0.4, -0.2) is 6.61 Å². The number of hydrogen-bond acceptors (Lipinski definition) is 2. The van der Waals surface area contributed by atoms with Crippen molar-refractivity contribution >= 4 is 17.7 Å². The molecule has 3 aromatic carbocycles. The van der Waals surface area contributed by atoms with Crippen LogP contribution in [0.2, 0.25) is 5.02 Å². The highest BCUT2D eigenvalue weighted by atomic mass is 35.5. The fourth-order valence-corrected chi connectivity index (χ4v) is 3.54. The second-order valence-electron chi connectivity index (χ2n) is 6.69. The van der Waals surface area contributed by atoms with Gasteiger partial charge in [-0.15, -0.1) is 0 Å². The van der Waals surface area contributed by atoms with Crippen molar-refractivity contribution in [2.24, 2.45) is 0 Å². The molecule has 0 aromatic heterocycles. The van der Waals surface area contributed by atoms with E-state index in [9.17, 15) is 4.39 Å². The minimum atomic E-state index is -0.691. The van der Waals surface area contributed by atoms with Crippen LogP contribution in [0, 0.1) is 11.6 Å². The van der Waals surface area contributed by atoms with Crippen LogP contribution in [-0.2, 0) is 6.42 Å². The Bertz CT molecular complexity index is 1050. The minimum Gasteiger partial charge on any atom is -0.491 e. The standard InChI is InChI=1S/C25H23ClF2O2/c1-4-14-29-20-13-12-16(5-2)22(25(20)28)23-18(6-3)21(15-19(27)24(23)26)30-17-10-8-7-9-11-17/h5,7-13,15H,2,4,6,14H2,1,3H3. The minimum absolute atomic E-state index is 0.0883. The molecule has 3 rings (SSSR count). The summed E-state index contributed by atoms with van der Waals surface area (Å²) in [5.74, 6) is -0.373. The van der Waals surface area contributed by atoms with E-state index in [0.717, 1.165) is 6.42 Å². The van der Waals surface area contributed by atoms with Gasteiger partial charge in [0.2, 0.25) is 0 Å². The van der Waals surface area contributed by atoms with E-state index in [4.69, 9.17) is 21.1 Å². The number of rotatable bonds is 8. The van der Waals surface area contributed by atoms with E-state index in [1.54, 1.807) is 24.3 Å². The molecular weight excluding hydrogens is 406 g/mol. The van der Waals surface area contributed by atoms with E-state index in [0.29, 0.717) is 29.9 Å². The van der Waals surface area contributed by atoms with Gasteiger partial charge in [-0.1, -0.05) is 62.4 Å². The highest BCUT2D eigenvalue weighted by molar-refractivity contribution is 6.34. The molecule has 0 aliphatic carbocycles. The van der Waals surface area contributed by atoms with Gasteiger partial charge in [0.05, 0.1) is 11.6 Å². The Kier molecular flexibility index (Phi) is 7.11. The van der Waals surface area contributed by atoms with Gasteiger partial charge in [-0.25, -0.2) is 8.78 Å². The molecule has 0 amide bonds. The zero-order valence-corrected chi connectivity index (χ0v) is 17.7. The summed E-state index contributed by atoms with van der Waals surface area (Å²) in [4.78, 5) is 0. The normalized spacial score (nSPS) is 10.7. The maximum Gasteiger partial charge on any atom is 0.173 e. The van der Waals surface area contributed by atoms with E-state index in [1.807, 2.05) is 32.0 Å². The van der Waals surface area contributed by atoms with E-state index >= 15 is 4.39 Å². The van der Waals surface area contributed by atoms with Crippen molar-refractivity contribution in [1.82, 2.24) is 0 Å². The quantitative estimate of drug-likeness (QED) is 0.361. The van der Waals surface area contributed by atoms with Crippen molar-refractivity contribution in [1.29, 1.82) is 0 Å². The van der Waals surface area contributed by atoms with Crippen LogP contribution < -0.4 is 9.47 Å². The van der Waals surface area contributed by atoms with E-state index in [1.165, 1.54) is 12.1 Å². The molecule has 5 heteroatoms. The zero-order valence-electron chi connectivity index (χ0n) is 17.0. The lowest BCUT2D eigenvalue weighted by atomic mass is 9.92. The van der Waals surface area contributed by atoms with E-state index < -0.39 is 11.6 Å². The van der Waals surface area contributed by atoms with Crippen molar-refractivity contribution in [2.45, 2.75) is 26.7 Å². The fourth-order valence-electron chi connectivity index (χ4n) is 3.28. The lowest BCUT2D eigenvalue weighted by molar-refractivity contribution is 0.302. The van der Waals surface area contributed by atoms with Gasteiger partial charge in [0.1, 0.15) is 17.3 Å². The molecule has 0 bridgehead atoms. The summed E-state index contributed by atoms with van der Waals surface area (Å²) >= 11 is 6.37. The smallest absolute Gasteiger partial charge is 0.173 e. The molecule has 0 atom stereocenters. The number of benzene rings is 3. The number of halogens is 3. The van der Waals surface area contributed by atoms with Gasteiger partial charge in [0, 0.05) is 22.8 Å². The summed E-state index contributed by atoms with van der Waals surface area (Å²) in [5, 5.41) is -0.165. The van der Waals surface area contributed by atoms with Crippen LogP contribution in [0.15, 0.2) is 55.1 Å². The van der Waals surface area contributed by atoms with Crippen LogP contribution in [0.1, 0.15) is 31.4 Å². The monoisotopic (exact) mass is 428 g/mol. The van der Waals surface area contributed by atoms with Crippen LogP contribution in [0.4, 0.5) is 8.78 Å². The average Bonchev–Trinajstić information content (AvgIpc) is 2.76. The molecule has 0 saturated carbocycles. The molecule has 30 heavy (non-hydrogen) atoms. The molecule has 0 saturated heterocycles. The Morgan fingerprint density at radius 2 is 1.73 bits per heavy atom. The van der Waals surface area contributed by atoms with Crippen molar-refractivity contribution in [3.63, 3.8) is 0 Å². The number of ether oxygens (including phenoxy) is 2. The largest absolute Gasteiger partial charge is 0.491 e. The van der Waals surface area contributed by atoms with Gasteiger partial charge in [-0.3, -0.25) is 0 Å². The maximum atomic E-state index is 15.5. The second kappa shape index (κ2) is 9.77. The summed E-state index contributed by atoms with van der Waals surface area (Å²) in [6.07, 6.45) is 2.70. The summed E-state index contributed by atoms with van der Waals surface area (Å²) in [6.45, 7) is 7.95. The first-order valence-corrected chi connectivity index (χ1v) is 10.2. The Hall–Kier alpha value is -2.85. The first kappa shape index (κ1) is 21.8. The molecule has 156 valence electrons. The predicted octanol–water partition coefficient (Wildman–Crippen LogP) is 8.07. The van der Waals surface area contributed by atoms with Gasteiger partial charge in [0.25, 0.3) is 0 Å². The maximum absolute atomic E-state index is 15.5. The second-order valence-corrected chi connectivity index (χ2v) is 7.07. The van der Waals surface area contributed by atoms with Crippen molar-refractivity contribution in [3.05, 3.63) is 82.9 Å². The van der Waals surface area contributed by atoms with Gasteiger partial charge >= 0.3 is 0 Å². The molecule has 3 aromatic rings. The molecule has 0 aliphatic heterocycles. The van der Waals surface area contributed by atoms with E-state index in [2.05, 4.69) is 6.58 Å². The van der Waals surface area contributed by atoms with Gasteiger partial charge in [-0.2, -0.15) is 0 Å². The average molecular weight is 429 g/mol. The molecule has 0 aliphatic rings. The third-order valence-electron chi connectivity index (χ3n) is 4.68. The van der Waals surface area contributed by atoms with Crippen molar-refractivity contribution in [3.8, 4) is 28.4 Å². The SMILES string of the molecule is C=Cc1ccc(OCCC)c(F)c1-c1c(Cl)c(F)cc(Oc2ccccc2)c1CC. The molecule has 0 radical (unpaired) electrons. The Labute approximate surface area is 180 Å². The van der Waals surface area contributed by atoms with Gasteiger partial charge in [0.15, 0.2) is 11.6 Å². The topological polar surface area (TPSA) is 18.5 Å². The molecule has 0 heterocycles. The molecular formula is C25H23ClF2O2. The summed E-state index contributed by atoms with van der Waals surface area (Å²) < 4.78 is 41.8. The molecule has 0 fully saturated rings. The van der Waals surface area contributed by atoms with Crippen LogP contribution in [0.5, 0.6) is 17.2 Å². The Morgan fingerprint density at radius 1 is 1.00 bits per heavy atom. The Balaban J connectivity index is 2.26.